The van der Waals surface area contributed by atoms with Gasteiger partial charge in [-0.05, 0) is 39.1 Å². The first-order valence-corrected chi connectivity index (χ1v) is 9.17. The van der Waals surface area contributed by atoms with Crippen LogP contribution in [0.15, 0.2) is 28.8 Å². The van der Waals surface area contributed by atoms with Gasteiger partial charge in [0.25, 0.3) is 0 Å². The summed E-state index contributed by atoms with van der Waals surface area (Å²) in [6.45, 7) is 0.766. The van der Waals surface area contributed by atoms with E-state index in [4.69, 9.17) is 4.52 Å². The maximum absolute atomic E-state index is 12.4. The minimum atomic E-state index is -0.0243. The van der Waals surface area contributed by atoms with E-state index in [0.29, 0.717) is 17.2 Å². The van der Waals surface area contributed by atoms with E-state index >= 15 is 0 Å². The zero-order valence-corrected chi connectivity index (χ0v) is 15.8. The van der Waals surface area contributed by atoms with Crippen LogP contribution in [0.25, 0.3) is 11.0 Å². The van der Waals surface area contributed by atoms with Crippen molar-refractivity contribution in [1.82, 2.24) is 30.1 Å². The summed E-state index contributed by atoms with van der Waals surface area (Å²) in [7, 11) is 6.04. The summed E-state index contributed by atoms with van der Waals surface area (Å²) in [5, 5.41) is 16.7. The van der Waals surface area contributed by atoms with Crippen LogP contribution in [0, 0.1) is 0 Å². The minimum Gasteiger partial charge on any atom is -0.356 e. The van der Waals surface area contributed by atoms with Crippen LogP contribution in [0.4, 0.5) is 0 Å². The lowest BCUT2D eigenvalue weighted by atomic mass is 9.79. The Hall–Kier alpha value is -2.74. The Morgan fingerprint density at radius 2 is 2.07 bits per heavy atom. The zero-order valence-electron chi connectivity index (χ0n) is 15.8. The van der Waals surface area contributed by atoms with Crippen molar-refractivity contribution < 1.29 is 9.32 Å². The number of nitrogens with zero attached hydrogens (tertiary/aromatic N) is 5. The van der Waals surface area contributed by atoms with Crippen LogP contribution in [0.3, 0.4) is 0 Å². The maximum atomic E-state index is 12.4. The fourth-order valence-corrected chi connectivity index (χ4v) is 3.59. The van der Waals surface area contributed by atoms with Crippen molar-refractivity contribution in [3.8, 4) is 0 Å². The van der Waals surface area contributed by atoms with Gasteiger partial charge < -0.3 is 19.3 Å². The van der Waals surface area contributed by atoms with Crippen molar-refractivity contribution >= 4 is 16.9 Å². The highest BCUT2D eigenvalue weighted by molar-refractivity contribution is 5.86. The van der Waals surface area contributed by atoms with Gasteiger partial charge >= 0.3 is 0 Å². The first-order valence-electron chi connectivity index (χ1n) is 9.17. The quantitative estimate of drug-likeness (QED) is 0.711. The molecule has 142 valence electrons. The Balaban J connectivity index is 1.31. The van der Waals surface area contributed by atoms with E-state index in [2.05, 4.69) is 30.1 Å². The standard InChI is InChI=1S/C19H24N6O2/c1-24(2)11-17-21-22-19(25(17)3)12-8-13(9-12)20-18(26)10-15-14-6-4-5-7-16(14)27-23-15/h4-7,12-13H,8-11H2,1-3H3,(H,20,26). The monoisotopic (exact) mass is 368 g/mol. The summed E-state index contributed by atoms with van der Waals surface area (Å²) in [5.41, 5.74) is 1.39. The predicted molar refractivity (Wildman–Crippen MR) is 100 cm³/mol. The molecule has 8 nitrogen and oxygen atoms in total. The van der Waals surface area contributed by atoms with Gasteiger partial charge in [0.1, 0.15) is 17.3 Å². The van der Waals surface area contributed by atoms with Crippen LogP contribution in [-0.4, -0.2) is 50.9 Å². The van der Waals surface area contributed by atoms with Crippen molar-refractivity contribution in [3.05, 3.63) is 41.6 Å². The Morgan fingerprint density at radius 3 is 2.85 bits per heavy atom. The van der Waals surface area contributed by atoms with Gasteiger partial charge in [0, 0.05) is 24.4 Å². The number of aromatic nitrogens is 4. The second-order valence-corrected chi connectivity index (χ2v) is 7.51. The van der Waals surface area contributed by atoms with E-state index in [1.165, 1.54) is 0 Å². The summed E-state index contributed by atoms with van der Waals surface area (Å²) in [5.74, 6) is 2.28. The molecule has 1 amide bonds. The molecule has 0 bridgehead atoms. The molecule has 2 heterocycles. The lowest BCUT2D eigenvalue weighted by molar-refractivity contribution is -0.121. The average molecular weight is 368 g/mol. The molecular weight excluding hydrogens is 344 g/mol. The van der Waals surface area contributed by atoms with Gasteiger partial charge in [-0.15, -0.1) is 10.2 Å². The number of hydrogen-bond donors (Lipinski definition) is 1. The zero-order chi connectivity index (χ0) is 19.0. The number of rotatable bonds is 6. The Bertz CT molecular complexity index is 954. The van der Waals surface area contributed by atoms with E-state index in [1.807, 2.05) is 45.4 Å². The van der Waals surface area contributed by atoms with Crippen molar-refractivity contribution in [2.75, 3.05) is 14.1 Å². The summed E-state index contributed by atoms with van der Waals surface area (Å²) < 4.78 is 7.34. The molecule has 1 N–H and O–H groups in total. The van der Waals surface area contributed by atoms with Crippen LogP contribution < -0.4 is 5.32 Å². The number of amides is 1. The molecule has 0 radical (unpaired) electrons. The third kappa shape index (κ3) is 3.57. The van der Waals surface area contributed by atoms with Crippen LogP contribution in [0.5, 0.6) is 0 Å². The number of benzene rings is 1. The molecule has 1 aliphatic carbocycles. The molecule has 0 unspecified atom stereocenters. The Morgan fingerprint density at radius 1 is 1.30 bits per heavy atom. The molecule has 1 aromatic carbocycles. The van der Waals surface area contributed by atoms with Gasteiger partial charge in [-0.25, -0.2) is 0 Å². The fraction of sp³-hybridized carbons (Fsp3) is 0.474. The first kappa shape index (κ1) is 17.7. The van der Waals surface area contributed by atoms with E-state index in [0.717, 1.165) is 36.4 Å². The number of hydrogen-bond acceptors (Lipinski definition) is 6. The van der Waals surface area contributed by atoms with Crippen LogP contribution in [-0.2, 0) is 24.8 Å². The van der Waals surface area contributed by atoms with E-state index in [9.17, 15) is 4.79 Å². The Kier molecular flexibility index (Phi) is 4.65. The summed E-state index contributed by atoms with van der Waals surface area (Å²) in [4.78, 5) is 14.4. The molecule has 8 heteroatoms. The number of fused-ring (bicyclic) bond motifs is 1. The third-order valence-corrected chi connectivity index (χ3v) is 5.10. The van der Waals surface area contributed by atoms with Crippen LogP contribution in [0.2, 0.25) is 0 Å². The van der Waals surface area contributed by atoms with Gasteiger partial charge in [0.2, 0.25) is 5.91 Å². The predicted octanol–water partition coefficient (Wildman–Crippen LogP) is 1.62. The molecule has 0 saturated heterocycles. The lowest BCUT2D eigenvalue weighted by Gasteiger charge is -2.35. The summed E-state index contributed by atoms with van der Waals surface area (Å²) in [6, 6.07) is 7.76. The molecule has 27 heavy (non-hydrogen) atoms. The summed E-state index contributed by atoms with van der Waals surface area (Å²) >= 11 is 0. The highest BCUT2D eigenvalue weighted by atomic mass is 16.5. The van der Waals surface area contributed by atoms with E-state index in [1.54, 1.807) is 0 Å². The number of nitrogens with one attached hydrogen (secondary N) is 1. The molecule has 2 aromatic heterocycles. The average Bonchev–Trinajstić information content (AvgIpc) is 3.15. The normalized spacial score (nSPS) is 19.4. The largest absolute Gasteiger partial charge is 0.356 e. The molecule has 1 fully saturated rings. The molecular formula is C19H24N6O2. The topological polar surface area (TPSA) is 89.1 Å². The Labute approximate surface area is 157 Å². The molecule has 0 spiro atoms. The van der Waals surface area contributed by atoms with Crippen LogP contribution in [0.1, 0.15) is 36.1 Å². The second-order valence-electron chi connectivity index (χ2n) is 7.51. The van der Waals surface area contributed by atoms with Gasteiger partial charge in [0.15, 0.2) is 5.58 Å². The number of carbonyl (C=O) groups is 1. The summed E-state index contributed by atoms with van der Waals surface area (Å²) in [6.07, 6.45) is 2.01. The van der Waals surface area contributed by atoms with Crippen molar-refractivity contribution in [2.24, 2.45) is 7.05 Å². The maximum Gasteiger partial charge on any atom is 0.226 e. The van der Waals surface area contributed by atoms with E-state index < -0.39 is 0 Å². The van der Waals surface area contributed by atoms with Crippen molar-refractivity contribution in [1.29, 1.82) is 0 Å². The van der Waals surface area contributed by atoms with Crippen molar-refractivity contribution in [2.45, 2.75) is 37.8 Å². The van der Waals surface area contributed by atoms with Gasteiger partial charge in [-0.1, -0.05) is 17.3 Å². The lowest BCUT2D eigenvalue weighted by Crippen LogP contribution is -2.44. The SMILES string of the molecule is CN(C)Cc1nnc(C2CC(NC(=O)Cc3noc4ccccc34)C2)n1C. The van der Waals surface area contributed by atoms with E-state index in [-0.39, 0.29) is 18.4 Å². The molecule has 0 aliphatic heterocycles. The molecule has 4 rings (SSSR count). The highest BCUT2D eigenvalue weighted by Crippen LogP contribution is 2.36. The second kappa shape index (κ2) is 7.11. The fourth-order valence-electron chi connectivity index (χ4n) is 3.59. The minimum absolute atomic E-state index is 0.0243. The number of carbonyl (C=O) groups excluding carboxylic acids is 1. The molecule has 1 saturated carbocycles. The van der Waals surface area contributed by atoms with Crippen molar-refractivity contribution in [3.63, 3.8) is 0 Å². The first-order chi connectivity index (χ1) is 13.0. The smallest absolute Gasteiger partial charge is 0.226 e. The van der Waals surface area contributed by atoms with Gasteiger partial charge in [0.05, 0.1) is 13.0 Å². The molecule has 1 aliphatic rings. The van der Waals surface area contributed by atoms with Crippen LogP contribution >= 0.6 is 0 Å². The molecule has 0 atom stereocenters. The third-order valence-electron chi connectivity index (χ3n) is 5.10. The van der Waals surface area contributed by atoms with Gasteiger partial charge in [-0.3, -0.25) is 4.79 Å². The highest BCUT2D eigenvalue weighted by Gasteiger charge is 2.35. The molecule has 3 aromatic rings. The van der Waals surface area contributed by atoms with Gasteiger partial charge in [-0.2, -0.15) is 0 Å². The number of para-hydroxylation sites is 1.